The molecule has 0 radical (unpaired) electrons. The van der Waals surface area contributed by atoms with Crippen molar-refractivity contribution in [3.05, 3.63) is 48.4 Å². The van der Waals surface area contributed by atoms with Crippen molar-refractivity contribution >= 4 is 5.91 Å². The topological polar surface area (TPSA) is 49.3 Å². The van der Waals surface area contributed by atoms with Gasteiger partial charge in [0.15, 0.2) is 0 Å². The largest absolute Gasteiger partial charge is 0.508 e. The van der Waals surface area contributed by atoms with E-state index in [1.165, 1.54) is 12.2 Å². The highest BCUT2D eigenvalue weighted by atomic mass is 16.3. The molecule has 68 valence electrons. The molecule has 13 heavy (non-hydrogen) atoms. The zero-order valence-corrected chi connectivity index (χ0v) is 7.16. The summed E-state index contributed by atoms with van der Waals surface area (Å²) >= 11 is 0. The molecule has 0 saturated heterocycles. The van der Waals surface area contributed by atoms with Gasteiger partial charge in [0.1, 0.15) is 5.76 Å². The van der Waals surface area contributed by atoms with Crippen molar-refractivity contribution in [3.63, 3.8) is 0 Å². The van der Waals surface area contributed by atoms with Gasteiger partial charge in [0, 0.05) is 12.1 Å². The van der Waals surface area contributed by atoms with Gasteiger partial charge >= 0.3 is 0 Å². The molecule has 0 fully saturated rings. The highest BCUT2D eigenvalue weighted by Crippen LogP contribution is 2.06. The Hall–Kier alpha value is -1.77. The van der Waals surface area contributed by atoms with E-state index in [9.17, 15) is 4.79 Å². The van der Waals surface area contributed by atoms with Crippen molar-refractivity contribution in [2.24, 2.45) is 0 Å². The average molecular weight is 177 g/mol. The molecule has 1 aliphatic rings. The lowest BCUT2D eigenvalue weighted by Gasteiger charge is -2.02. The average Bonchev–Trinajstić information content (AvgIpc) is 2.31. The molecule has 0 saturated carbocycles. The Morgan fingerprint density at radius 2 is 2.38 bits per heavy atom. The predicted octanol–water partition coefficient (Wildman–Crippen LogP) is 1.57. The molecule has 1 amide bonds. The van der Waals surface area contributed by atoms with Gasteiger partial charge < -0.3 is 10.4 Å². The number of hydrogen-bond acceptors (Lipinski definition) is 2. The summed E-state index contributed by atoms with van der Waals surface area (Å²) in [6.45, 7) is 3.34. The maximum atomic E-state index is 10.9. The van der Waals surface area contributed by atoms with E-state index in [2.05, 4.69) is 11.9 Å². The standard InChI is InChI=1S/C10H11NO2/c1-2-10(13)11-8-4-3-5-9(12)7-6-8/h2-3,5-7,12H,1,4H2,(H,11,13). The Balaban J connectivity index is 2.66. The van der Waals surface area contributed by atoms with Crippen LogP contribution < -0.4 is 5.32 Å². The van der Waals surface area contributed by atoms with Crippen molar-refractivity contribution in [1.29, 1.82) is 0 Å². The number of carbonyl (C=O) groups is 1. The number of amides is 1. The third-order valence-electron chi connectivity index (χ3n) is 1.55. The summed E-state index contributed by atoms with van der Waals surface area (Å²) in [6, 6.07) is 0. The number of carbonyl (C=O) groups excluding carboxylic acids is 1. The second kappa shape index (κ2) is 4.30. The summed E-state index contributed by atoms with van der Waals surface area (Å²) < 4.78 is 0. The molecule has 0 aliphatic heterocycles. The summed E-state index contributed by atoms with van der Waals surface area (Å²) in [5.41, 5.74) is 0.741. The Kier molecular flexibility index (Phi) is 3.09. The van der Waals surface area contributed by atoms with Crippen LogP contribution in [0.3, 0.4) is 0 Å². The second-order valence-corrected chi connectivity index (χ2v) is 2.58. The normalized spacial score (nSPS) is 15.4. The van der Waals surface area contributed by atoms with Crippen LogP contribution in [0.15, 0.2) is 48.4 Å². The summed E-state index contributed by atoms with van der Waals surface area (Å²) in [7, 11) is 0. The first-order chi connectivity index (χ1) is 6.22. The molecule has 1 rings (SSSR count). The molecule has 0 atom stereocenters. The highest BCUT2D eigenvalue weighted by molar-refractivity contribution is 5.88. The lowest BCUT2D eigenvalue weighted by Crippen LogP contribution is -2.19. The van der Waals surface area contributed by atoms with Gasteiger partial charge in [-0.05, 0) is 24.3 Å². The van der Waals surface area contributed by atoms with Crippen LogP contribution in [0.5, 0.6) is 0 Å². The Morgan fingerprint density at radius 3 is 3.08 bits per heavy atom. The Labute approximate surface area is 76.8 Å². The molecule has 0 heterocycles. The fraction of sp³-hybridized carbons (Fsp3) is 0.100. The van der Waals surface area contributed by atoms with Gasteiger partial charge in [0.05, 0.1) is 0 Å². The van der Waals surface area contributed by atoms with Crippen molar-refractivity contribution in [1.82, 2.24) is 5.32 Å². The Morgan fingerprint density at radius 1 is 1.62 bits per heavy atom. The van der Waals surface area contributed by atoms with Gasteiger partial charge in [-0.25, -0.2) is 0 Å². The van der Waals surface area contributed by atoms with Gasteiger partial charge in [-0.15, -0.1) is 0 Å². The van der Waals surface area contributed by atoms with Crippen LogP contribution in [0.1, 0.15) is 6.42 Å². The van der Waals surface area contributed by atoms with E-state index in [0.29, 0.717) is 6.42 Å². The molecule has 1 aliphatic carbocycles. The van der Waals surface area contributed by atoms with E-state index in [4.69, 9.17) is 5.11 Å². The van der Waals surface area contributed by atoms with E-state index < -0.39 is 0 Å². The molecule has 0 unspecified atom stereocenters. The molecule has 0 aromatic rings. The molecule has 0 aromatic heterocycles. The van der Waals surface area contributed by atoms with Crippen LogP contribution in [0.25, 0.3) is 0 Å². The van der Waals surface area contributed by atoms with Crippen LogP contribution >= 0.6 is 0 Å². The maximum absolute atomic E-state index is 10.9. The van der Waals surface area contributed by atoms with E-state index in [1.54, 1.807) is 18.2 Å². The van der Waals surface area contributed by atoms with Gasteiger partial charge in [-0.2, -0.15) is 0 Å². The highest BCUT2D eigenvalue weighted by Gasteiger charge is 2.00. The number of rotatable bonds is 2. The number of aliphatic hydroxyl groups excluding tert-OH is 1. The summed E-state index contributed by atoms with van der Waals surface area (Å²) in [5.74, 6) is -0.0581. The molecule has 2 N–H and O–H groups in total. The summed E-state index contributed by atoms with van der Waals surface area (Å²) in [6.07, 6.45) is 8.36. The molecule has 0 spiro atoms. The van der Waals surface area contributed by atoms with Crippen molar-refractivity contribution in [3.8, 4) is 0 Å². The number of allylic oxidation sites excluding steroid dienone is 4. The van der Waals surface area contributed by atoms with E-state index in [-0.39, 0.29) is 11.7 Å². The van der Waals surface area contributed by atoms with Gasteiger partial charge in [0.25, 0.3) is 0 Å². The second-order valence-electron chi connectivity index (χ2n) is 2.58. The first-order valence-electron chi connectivity index (χ1n) is 3.92. The van der Waals surface area contributed by atoms with Crippen LogP contribution in [0.4, 0.5) is 0 Å². The molecular weight excluding hydrogens is 166 g/mol. The first-order valence-corrected chi connectivity index (χ1v) is 3.92. The number of hydrogen-bond donors (Lipinski definition) is 2. The van der Waals surface area contributed by atoms with Gasteiger partial charge in [-0.1, -0.05) is 12.7 Å². The van der Waals surface area contributed by atoms with Crippen LogP contribution in [-0.2, 0) is 4.79 Å². The fourth-order valence-corrected chi connectivity index (χ4v) is 0.918. The maximum Gasteiger partial charge on any atom is 0.247 e. The zero-order chi connectivity index (χ0) is 9.68. The smallest absolute Gasteiger partial charge is 0.247 e. The minimum absolute atomic E-state index is 0.183. The number of nitrogens with one attached hydrogen (secondary N) is 1. The van der Waals surface area contributed by atoms with Crippen molar-refractivity contribution in [2.45, 2.75) is 6.42 Å². The van der Waals surface area contributed by atoms with E-state index >= 15 is 0 Å². The molecule has 3 heteroatoms. The van der Waals surface area contributed by atoms with Gasteiger partial charge in [0.2, 0.25) is 5.91 Å². The zero-order valence-electron chi connectivity index (χ0n) is 7.16. The fourth-order valence-electron chi connectivity index (χ4n) is 0.918. The molecule has 3 nitrogen and oxygen atoms in total. The lowest BCUT2D eigenvalue weighted by atomic mass is 10.3. The molecular formula is C10H11NO2. The first kappa shape index (κ1) is 9.32. The van der Waals surface area contributed by atoms with Crippen LogP contribution in [0.2, 0.25) is 0 Å². The van der Waals surface area contributed by atoms with E-state index in [1.807, 2.05) is 0 Å². The van der Waals surface area contributed by atoms with Crippen molar-refractivity contribution < 1.29 is 9.90 Å². The number of aliphatic hydroxyl groups is 1. The summed E-state index contributed by atoms with van der Waals surface area (Å²) in [5, 5.41) is 11.7. The third-order valence-corrected chi connectivity index (χ3v) is 1.55. The van der Waals surface area contributed by atoms with Crippen LogP contribution in [-0.4, -0.2) is 11.0 Å². The lowest BCUT2D eigenvalue weighted by molar-refractivity contribution is -0.115. The minimum atomic E-state index is -0.241. The quantitative estimate of drug-likeness (QED) is 0.629. The van der Waals surface area contributed by atoms with Crippen molar-refractivity contribution in [2.75, 3.05) is 0 Å². The third kappa shape index (κ3) is 2.99. The van der Waals surface area contributed by atoms with Crippen LogP contribution in [0, 0.1) is 0 Å². The Bertz CT molecular complexity index is 311. The molecule has 0 bridgehead atoms. The predicted molar refractivity (Wildman–Crippen MR) is 50.9 cm³/mol. The summed E-state index contributed by atoms with van der Waals surface area (Å²) in [4.78, 5) is 10.9. The minimum Gasteiger partial charge on any atom is -0.508 e. The SMILES string of the molecule is C=CC(=O)NC1=CC=C(O)C=CC1. The molecule has 0 aromatic carbocycles. The van der Waals surface area contributed by atoms with E-state index in [0.717, 1.165) is 5.70 Å². The monoisotopic (exact) mass is 177 g/mol. The van der Waals surface area contributed by atoms with Gasteiger partial charge in [-0.3, -0.25) is 4.79 Å².